The Kier molecular flexibility index (Phi) is 5.68. The SMILES string of the molecule is COc1cc(C=C2Sc3ccccc3C2=O)ccc1Oc1ccc(C#N)cc1C(F)(F)F. The normalized spacial score (nSPS) is 14.2. The summed E-state index contributed by atoms with van der Waals surface area (Å²) in [5.41, 5.74) is 0.0822. The van der Waals surface area contributed by atoms with Crippen LogP contribution in [0, 0.1) is 11.3 Å². The first-order valence-electron chi connectivity index (χ1n) is 9.30. The third-order valence-electron chi connectivity index (χ3n) is 4.69. The van der Waals surface area contributed by atoms with Crippen molar-refractivity contribution in [3.05, 3.63) is 87.8 Å². The summed E-state index contributed by atoms with van der Waals surface area (Å²) in [6, 6.07) is 16.7. The number of alkyl halides is 3. The van der Waals surface area contributed by atoms with Gasteiger partial charge in [0.25, 0.3) is 0 Å². The van der Waals surface area contributed by atoms with Crippen LogP contribution in [0.3, 0.4) is 0 Å². The number of carbonyl (C=O) groups is 1. The number of halogens is 3. The Hall–Kier alpha value is -3.70. The number of carbonyl (C=O) groups excluding carboxylic acids is 1. The maximum atomic E-state index is 13.4. The Morgan fingerprint density at radius 2 is 1.75 bits per heavy atom. The topological polar surface area (TPSA) is 59.3 Å². The van der Waals surface area contributed by atoms with Gasteiger partial charge in [-0.1, -0.05) is 30.0 Å². The number of thioether (sulfide) groups is 1. The molecule has 0 aromatic heterocycles. The second-order valence-electron chi connectivity index (χ2n) is 6.77. The first-order chi connectivity index (χ1) is 15.3. The van der Waals surface area contributed by atoms with Crippen LogP contribution in [0.1, 0.15) is 27.0 Å². The zero-order valence-electron chi connectivity index (χ0n) is 16.6. The van der Waals surface area contributed by atoms with E-state index in [2.05, 4.69) is 0 Å². The van der Waals surface area contributed by atoms with Crippen LogP contribution in [-0.2, 0) is 6.18 Å². The molecule has 8 heteroatoms. The Morgan fingerprint density at radius 3 is 2.44 bits per heavy atom. The summed E-state index contributed by atoms with van der Waals surface area (Å²) >= 11 is 1.36. The number of nitrogens with zero attached hydrogens (tertiary/aromatic N) is 1. The van der Waals surface area contributed by atoms with Crippen LogP contribution >= 0.6 is 11.8 Å². The summed E-state index contributed by atoms with van der Waals surface area (Å²) in [5, 5.41) is 8.90. The van der Waals surface area contributed by atoms with Crippen LogP contribution in [0.2, 0.25) is 0 Å². The molecule has 3 aromatic carbocycles. The number of rotatable bonds is 4. The number of fused-ring (bicyclic) bond motifs is 1. The summed E-state index contributed by atoms with van der Waals surface area (Å²) in [7, 11) is 1.37. The summed E-state index contributed by atoms with van der Waals surface area (Å²) in [6.45, 7) is 0. The van der Waals surface area contributed by atoms with Gasteiger partial charge < -0.3 is 9.47 Å². The number of ketones is 1. The van der Waals surface area contributed by atoms with Crippen molar-refractivity contribution in [2.24, 2.45) is 0 Å². The molecule has 0 aliphatic carbocycles. The number of benzene rings is 3. The highest BCUT2D eigenvalue weighted by Gasteiger charge is 2.35. The molecule has 0 radical (unpaired) electrons. The van der Waals surface area contributed by atoms with E-state index in [1.165, 1.54) is 31.0 Å². The number of ether oxygens (including phenoxy) is 2. The first-order valence-corrected chi connectivity index (χ1v) is 10.1. The van der Waals surface area contributed by atoms with Crippen LogP contribution in [0.25, 0.3) is 6.08 Å². The van der Waals surface area contributed by atoms with Crippen molar-refractivity contribution in [3.8, 4) is 23.3 Å². The van der Waals surface area contributed by atoms with Crippen molar-refractivity contribution in [2.45, 2.75) is 11.1 Å². The van der Waals surface area contributed by atoms with E-state index in [0.717, 1.165) is 17.0 Å². The predicted octanol–water partition coefficient (Wildman–Crippen LogP) is 6.71. The van der Waals surface area contributed by atoms with Crippen molar-refractivity contribution in [1.29, 1.82) is 5.26 Å². The lowest BCUT2D eigenvalue weighted by molar-refractivity contribution is -0.138. The number of nitriles is 1. The van der Waals surface area contributed by atoms with E-state index in [9.17, 15) is 18.0 Å². The van der Waals surface area contributed by atoms with E-state index in [0.29, 0.717) is 16.0 Å². The highest BCUT2D eigenvalue weighted by atomic mass is 32.2. The number of methoxy groups -OCH3 is 1. The van der Waals surface area contributed by atoms with Gasteiger partial charge in [-0.15, -0.1) is 0 Å². The second kappa shape index (κ2) is 8.44. The third kappa shape index (κ3) is 4.20. The number of hydrogen-bond acceptors (Lipinski definition) is 5. The summed E-state index contributed by atoms with van der Waals surface area (Å²) in [4.78, 5) is 14.0. The van der Waals surface area contributed by atoms with Gasteiger partial charge in [0.05, 0.1) is 29.2 Å². The maximum absolute atomic E-state index is 13.4. The van der Waals surface area contributed by atoms with Crippen LogP contribution < -0.4 is 9.47 Å². The Balaban J connectivity index is 1.65. The lowest BCUT2D eigenvalue weighted by Gasteiger charge is -2.16. The molecule has 0 saturated carbocycles. The third-order valence-corrected chi connectivity index (χ3v) is 5.79. The largest absolute Gasteiger partial charge is 0.493 e. The van der Waals surface area contributed by atoms with Gasteiger partial charge in [-0.3, -0.25) is 4.79 Å². The molecule has 0 amide bonds. The minimum atomic E-state index is -4.70. The molecule has 1 aliphatic rings. The molecule has 0 saturated heterocycles. The minimum Gasteiger partial charge on any atom is -0.493 e. The molecule has 0 N–H and O–H groups in total. The van der Waals surface area contributed by atoms with Crippen molar-refractivity contribution in [1.82, 2.24) is 0 Å². The molecular weight excluding hydrogens is 439 g/mol. The van der Waals surface area contributed by atoms with Gasteiger partial charge in [-0.05, 0) is 54.1 Å². The summed E-state index contributed by atoms with van der Waals surface area (Å²) in [6.07, 6.45) is -3.00. The summed E-state index contributed by atoms with van der Waals surface area (Å²) in [5.74, 6) is -0.265. The molecule has 3 aromatic rings. The van der Waals surface area contributed by atoms with Crippen molar-refractivity contribution in [3.63, 3.8) is 0 Å². The van der Waals surface area contributed by atoms with E-state index >= 15 is 0 Å². The van der Waals surface area contributed by atoms with Gasteiger partial charge in [0.2, 0.25) is 5.78 Å². The van der Waals surface area contributed by atoms with Gasteiger partial charge in [0, 0.05) is 10.5 Å². The molecule has 32 heavy (non-hydrogen) atoms. The number of hydrogen-bond donors (Lipinski definition) is 0. The van der Waals surface area contributed by atoms with E-state index in [-0.39, 0.29) is 22.8 Å². The van der Waals surface area contributed by atoms with Crippen molar-refractivity contribution in [2.75, 3.05) is 7.11 Å². The minimum absolute atomic E-state index is 0.0681. The van der Waals surface area contributed by atoms with E-state index in [1.54, 1.807) is 36.4 Å². The van der Waals surface area contributed by atoms with Crippen molar-refractivity contribution < 1.29 is 27.4 Å². The van der Waals surface area contributed by atoms with Crippen molar-refractivity contribution >= 4 is 23.6 Å². The Morgan fingerprint density at radius 1 is 1.00 bits per heavy atom. The highest BCUT2D eigenvalue weighted by Crippen LogP contribution is 2.43. The average molecular weight is 453 g/mol. The van der Waals surface area contributed by atoms with E-state index in [4.69, 9.17) is 14.7 Å². The van der Waals surface area contributed by atoms with Gasteiger partial charge in [-0.2, -0.15) is 18.4 Å². The molecular formula is C24H14F3NO3S. The van der Waals surface area contributed by atoms with Gasteiger partial charge >= 0.3 is 6.18 Å². The molecule has 0 atom stereocenters. The number of allylic oxidation sites excluding steroid dienone is 1. The monoisotopic (exact) mass is 453 g/mol. The van der Waals surface area contributed by atoms with Crippen LogP contribution in [-0.4, -0.2) is 12.9 Å². The van der Waals surface area contributed by atoms with E-state index < -0.39 is 17.5 Å². The standard InChI is InChI=1S/C24H14F3NO3S/c1-30-20-11-14(12-22-23(29)16-4-2-3-5-21(16)32-22)6-9-19(20)31-18-8-7-15(13-28)10-17(18)24(25,26)27/h2-12H,1H3. The Labute approximate surface area is 185 Å². The average Bonchev–Trinajstić information content (AvgIpc) is 3.09. The molecule has 4 rings (SSSR count). The molecule has 1 aliphatic heterocycles. The van der Waals surface area contributed by atoms with E-state index in [1.807, 2.05) is 12.1 Å². The predicted molar refractivity (Wildman–Crippen MR) is 114 cm³/mol. The molecule has 0 bridgehead atoms. The smallest absolute Gasteiger partial charge is 0.420 e. The van der Waals surface area contributed by atoms with Gasteiger partial charge in [0.15, 0.2) is 11.5 Å². The molecule has 0 spiro atoms. The fourth-order valence-electron chi connectivity index (χ4n) is 3.17. The zero-order valence-corrected chi connectivity index (χ0v) is 17.4. The fraction of sp³-hybridized carbons (Fsp3) is 0.0833. The maximum Gasteiger partial charge on any atom is 0.420 e. The molecule has 160 valence electrons. The number of Topliss-reactive ketones (excluding diaryl/α,β-unsaturated/α-hetero) is 1. The molecule has 4 nitrogen and oxygen atoms in total. The highest BCUT2D eigenvalue weighted by molar-refractivity contribution is 8.04. The molecule has 1 heterocycles. The van der Waals surface area contributed by atoms with Crippen LogP contribution in [0.4, 0.5) is 13.2 Å². The molecule has 0 unspecified atom stereocenters. The zero-order chi connectivity index (χ0) is 22.9. The quantitative estimate of drug-likeness (QED) is 0.411. The fourth-order valence-corrected chi connectivity index (χ4v) is 4.23. The summed E-state index contributed by atoms with van der Waals surface area (Å²) < 4.78 is 51.1. The van der Waals surface area contributed by atoms with Gasteiger partial charge in [0.1, 0.15) is 5.75 Å². The van der Waals surface area contributed by atoms with Crippen LogP contribution in [0.15, 0.2) is 70.5 Å². The lowest BCUT2D eigenvalue weighted by Crippen LogP contribution is -2.08. The first kappa shape index (κ1) is 21.5. The lowest BCUT2D eigenvalue weighted by atomic mass is 10.1. The van der Waals surface area contributed by atoms with Gasteiger partial charge in [-0.25, -0.2) is 0 Å². The Bertz CT molecular complexity index is 1290. The molecule has 0 fully saturated rings. The van der Waals surface area contributed by atoms with Crippen LogP contribution in [0.5, 0.6) is 17.2 Å². The second-order valence-corrected chi connectivity index (χ2v) is 7.85.